The second kappa shape index (κ2) is 8.71. The smallest absolute Gasteiger partial charge is 0.404 e. The van der Waals surface area contributed by atoms with Gasteiger partial charge >= 0.3 is 6.09 Å². The number of hydrogen-bond acceptors (Lipinski definition) is 6. The minimum atomic E-state index is -1.10. The minimum absolute atomic E-state index is 0.00119. The van der Waals surface area contributed by atoms with Gasteiger partial charge in [-0.05, 0) is 19.8 Å². The van der Waals surface area contributed by atoms with E-state index in [0.717, 1.165) is 25.9 Å². The van der Waals surface area contributed by atoms with E-state index in [1.165, 1.54) is 0 Å². The highest BCUT2D eigenvalue weighted by Gasteiger charge is 2.38. The summed E-state index contributed by atoms with van der Waals surface area (Å²) in [6.45, 7) is 4.12. The molecule has 9 nitrogen and oxygen atoms in total. The van der Waals surface area contributed by atoms with E-state index in [0.29, 0.717) is 23.9 Å². The predicted octanol–water partition coefficient (Wildman–Crippen LogP) is 1.37. The number of carboxylic acid groups (broad SMARTS) is 1. The first-order chi connectivity index (χ1) is 12.9. The number of anilines is 1. The number of likely N-dealkylation sites (tertiary alicyclic amines) is 1. The van der Waals surface area contributed by atoms with Crippen molar-refractivity contribution in [1.82, 2.24) is 20.2 Å². The third kappa shape index (κ3) is 4.98. The number of carbonyl (C=O) groups is 2. The van der Waals surface area contributed by atoms with Crippen molar-refractivity contribution >= 4 is 29.5 Å². The van der Waals surface area contributed by atoms with Gasteiger partial charge in [0.15, 0.2) is 0 Å². The Hall–Kier alpha value is -2.13. The molecule has 3 rings (SSSR count). The quantitative estimate of drug-likeness (QED) is 0.746. The SMILES string of the molecule is CC(COC1CCN(C2CCN(c3ncc(Cl)cn3)CC2)C1=O)NC(=O)O. The fourth-order valence-electron chi connectivity index (χ4n) is 3.55. The third-order valence-corrected chi connectivity index (χ3v) is 5.10. The lowest BCUT2D eigenvalue weighted by atomic mass is 10.0. The molecule has 0 aromatic carbocycles. The maximum Gasteiger partial charge on any atom is 0.404 e. The van der Waals surface area contributed by atoms with Gasteiger partial charge in [0.25, 0.3) is 5.91 Å². The molecule has 148 valence electrons. The summed E-state index contributed by atoms with van der Waals surface area (Å²) in [6, 6.07) is -0.170. The summed E-state index contributed by atoms with van der Waals surface area (Å²) < 4.78 is 5.64. The van der Waals surface area contributed by atoms with Crippen LogP contribution in [-0.4, -0.2) is 76.4 Å². The Morgan fingerprint density at radius 1 is 1.33 bits per heavy atom. The van der Waals surface area contributed by atoms with Crippen LogP contribution in [0.25, 0.3) is 0 Å². The van der Waals surface area contributed by atoms with Gasteiger partial charge < -0.3 is 25.0 Å². The molecule has 0 aliphatic carbocycles. The number of hydrogen-bond donors (Lipinski definition) is 2. The van der Waals surface area contributed by atoms with Gasteiger partial charge in [0.05, 0.1) is 30.1 Å². The second-order valence-electron chi connectivity index (χ2n) is 6.91. The van der Waals surface area contributed by atoms with Gasteiger partial charge in [-0.3, -0.25) is 4.79 Å². The Labute approximate surface area is 162 Å². The fraction of sp³-hybridized carbons (Fsp3) is 0.647. The number of ether oxygens (including phenoxy) is 1. The maximum absolute atomic E-state index is 12.6. The molecule has 2 N–H and O–H groups in total. The molecule has 2 aliphatic heterocycles. The van der Waals surface area contributed by atoms with E-state index < -0.39 is 12.2 Å². The summed E-state index contributed by atoms with van der Waals surface area (Å²) in [6.07, 6.45) is 3.93. The van der Waals surface area contributed by atoms with E-state index in [2.05, 4.69) is 20.2 Å². The fourth-order valence-corrected chi connectivity index (χ4v) is 3.65. The Kier molecular flexibility index (Phi) is 6.33. The lowest BCUT2D eigenvalue weighted by Gasteiger charge is -2.36. The van der Waals surface area contributed by atoms with Crippen molar-refractivity contribution in [2.75, 3.05) is 31.1 Å². The van der Waals surface area contributed by atoms with Crippen molar-refractivity contribution in [1.29, 1.82) is 0 Å². The standard InChI is InChI=1S/C17H24ClN5O4/c1-11(21-17(25)26)10-27-14-4-7-23(15(14)24)13-2-5-22(6-3-13)16-19-8-12(18)9-20-16/h8-9,11,13-14,21H,2-7,10H2,1H3,(H,25,26). The first-order valence-corrected chi connectivity index (χ1v) is 9.46. The summed E-state index contributed by atoms with van der Waals surface area (Å²) in [5.74, 6) is 0.658. The number of rotatable bonds is 6. The van der Waals surface area contributed by atoms with Crippen molar-refractivity contribution in [3.8, 4) is 0 Å². The van der Waals surface area contributed by atoms with E-state index in [1.807, 2.05) is 4.90 Å². The molecule has 3 heterocycles. The highest BCUT2D eigenvalue weighted by Crippen LogP contribution is 2.25. The number of nitrogens with one attached hydrogen (secondary N) is 1. The highest BCUT2D eigenvalue weighted by atomic mass is 35.5. The molecule has 1 aromatic rings. The summed E-state index contributed by atoms with van der Waals surface area (Å²) >= 11 is 5.83. The lowest BCUT2D eigenvalue weighted by molar-refractivity contribution is -0.139. The van der Waals surface area contributed by atoms with Gasteiger partial charge in [-0.2, -0.15) is 0 Å². The van der Waals surface area contributed by atoms with Gasteiger partial charge in [0.2, 0.25) is 5.95 Å². The molecular formula is C17H24ClN5O4. The van der Waals surface area contributed by atoms with Crippen LogP contribution in [0.15, 0.2) is 12.4 Å². The van der Waals surface area contributed by atoms with Crippen molar-refractivity contribution in [3.05, 3.63) is 17.4 Å². The number of aromatic nitrogens is 2. The van der Waals surface area contributed by atoms with Crippen LogP contribution in [-0.2, 0) is 9.53 Å². The van der Waals surface area contributed by atoms with Gasteiger partial charge in [-0.15, -0.1) is 0 Å². The summed E-state index contributed by atoms with van der Waals surface area (Å²) in [5, 5.41) is 11.5. The number of piperidine rings is 1. The first kappa shape index (κ1) is 19.6. The molecule has 27 heavy (non-hydrogen) atoms. The molecule has 2 amide bonds. The largest absolute Gasteiger partial charge is 0.465 e. The van der Waals surface area contributed by atoms with Gasteiger partial charge in [-0.1, -0.05) is 11.6 Å². The number of carbonyl (C=O) groups excluding carboxylic acids is 1. The van der Waals surface area contributed by atoms with Crippen molar-refractivity contribution < 1.29 is 19.4 Å². The molecule has 2 fully saturated rings. The van der Waals surface area contributed by atoms with Crippen LogP contribution >= 0.6 is 11.6 Å². The molecule has 0 saturated carbocycles. The first-order valence-electron chi connectivity index (χ1n) is 9.08. The van der Waals surface area contributed by atoms with E-state index in [9.17, 15) is 9.59 Å². The average Bonchev–Trinajstić information content (AvgIpc) is 3.01. The zero-order chi connectivity index (χ0) is 19.4. The van der Waals surface area contributed by atoms with Crippen LogP contribution in [0.4, 0.5) is 10.7 Å². The number of halogens is 1. The van der Waals surface area contributed by atoms with Crippen LogP contribution in [0.1, 0.15) is 26.2 Å². The minimum Gasteiger partial charge on any atom is -0.465 e. The van der Waals surface area contributed by atoms with Crippen molar-refractivity contribution in [2.45, 2.75) is 44.4 Å². The number of amides is 2. The molecule has 0 bridgehead atoms. The summed E-state index contributed by atoms with van der Waals surface area (Å²) in [4.78, 5) is 35.7. The topological polar surface area (TPSA) is 108 Å². The molecule has 10 heteroatoms. The molecule has 2 unspecified atom stereocenters. The van der Waals surface area contributed by atoms with E-state index in [-0.39, 0.29) is 24.6 Å². The molecule has 2 saturated heterocycles. The Balaban J connectivity index is 1.47. The molecule has 0 spiro atoms. The van der Waals surface area contributed by atoms with E-state index >= 15 is 0 Å². The van der Waals surface area contributed by atoms with Crippen LogP contribution in [0.2, 0.25) is 5.02 Å². The van der Waals surface area contributed by atoms with Gasteiger partial charge in [0, 0.05) is 32.1 Å². The molecular weight excluding hydrogens is 374 g/mol. The third-order valence-electron chi connectivity index (χ3n) is 4.90. The van der Waals surface area contributed by atoms with Crippen LogP contribution < -0.4 is 10.2 Å². The second-order valence-corrected chi connectivity index (χ2v) is 7.35. The zero-order valence-corrected chi connectivity index (χ0v) is 15.9. The predicted molar refractivity (Wildman–Crippen MR) is 99.0 cm³/mol. The van der Waals surface area contributed by atoms with Gasteiger partial charge in [0.1, 0.15) is 6.10 Å². The summed E-state index contributed by atoms with van der Waals surface area (Å²) in [7, 11) is 0. The maximum atomic E-state index is 12.6. The molecule has 1 aromatic heterocycles. The Bertz CT molecular complexity index is 666. The van der Waals surface area contributed by atoms with Crippen LogP contribution in [0.5, 0.6) is 0 Å². The normalized spacial score (nSPS) is 22.1. The van der Waals surface area contributed by atoms with Crippen LogP contribution in [0, 0.1) is 0 Å². The zero-order valence-electron chi connectivity index (χ0n) is 15.2. The van der Waals surface area contributed by atoms with Gasteiger partial charge in [-0.25, -0.2) is 14.8 Å². The average molecular weight is 398 g/mol. The van der Waals surface area contributed by atoms with Crippen LogP contribution in [0.3, 0.4) is 0 Å². The van der Waals surface area contributed by atoms with E-state index in [1.54, 1.807) is 19.3 Å². The Morgan fingerprint density at radius 3 is 2.63 bits per heavy atom. The lowest BCUT2D eigenvalue weighted by Crippen LogP contribution is -2.47. The Morgan fingerprint density at radius 2 is 2.00 bits per heavy atom. The molecule has 0 radical (unpaired) electrons. The molecule has 2 atom stereocenters. The monoisotopic (exact) mass is 397 g/mol. The van der Waals surface area contributed by atoms with Crippen molar-refractivity contribution in [2.24, 2.45) is 0 Å². The van der Waals surface area contributed by atoms with Crippen molar-refractivity contribution in [3.63, 3.8) is 0 Å². The summed E-state index contributed by atoms with van der Waals surface area (Å²) in [5.41, 5.74) is 0. The number of nitrogens with zero attached hydrogens (tertiary/aromatic N) is 4. The highest BCUT2D eigenvalue weighted by molar-refractivity contribution is 6.30. The van der Waals surface area contributed by atoms with E-state index in [4.69, 9.17) is 21.4 Å². The molecule has 2 aliphatic rings.